The second kappa shape index (κ2) is 10.9. The minimum Gasteiger partial charge on any atom is -0.381 e. The highest BCUT2D eigenvalue weighted by atomic mass is 32.1. The largest absolute Gasteiger partial charge is 0.381 e. The zero-order chi connectivity index (χ0) is 18.8. The smallest absolute Gasteiger partial charge is 0.217 e. The maximum absolute atomic E-state index is 11.0. The molecule has 7 nitrogen and oxygen atoms in total. The number of nitrogens with zero attached hydrogens (tertiary/aromatic N) is 2. The Bertz CT molecular complexity index is 726. The number of amides is 1. The third-order valence-corrected chi connectivity index (χ3v) is 5.11. The molecule has 0 radical (unpaired) electrons. The van der Waals surface area contributed by atoms with E-state index in [0.717, 1.165) is 34.9 Å². The fraction of sp³-hybridized carbons (Fsp3) is 0.471. The Morgan fingerprint density at radius 1 is 1.38 bits per heavy atom. The van der Waals surface area contributed by atoms with E-state index in [1.165, 1.54) is 18.3 Å². The van der Waals surface area contributed by atoms with Crippen molar-refractivity contribution in [3.63, 3.8) is 0 Å². The van der Waals surface area contributed by atoms with Gasteiger partial charge in [0.15, 0.2) is 11.1 Å². The molecule has 9 heteroatoms. The van der Waals surface area contributed by atoms with Gasteiger partial charge in [-0.2, -0.15) is 0 Å². The second-order valence-electron chi connectivity index (χ2n) is 5.57. The highest BCUT2D eigenvalue weighted by molar-refractivity contribution is 7.17. The van der Waals surface area contributed by atoms with Crippen molar-refractivity contribution in [2.24, 2.45) is 10.7 Å². The number of thiophene rings is 1. The molecule has 0 saturated carbocycles. The van der Waals surface area contributed by atoms with Crippen LogP contribution in [0.4, 0.5) is 5.13 Å². The van der Waals surface area contributed by atoms with E-state index >= 15 is 0 Å². The Balaban J connectivity index is 1.82. The lowest BCUT2D eigenvalue weighted by atomic mass is 10.3. The van der Waals surface area contributed by atoms with Crippen LogP contribution in [-0.2, 0) is 16.1 Å². The van der Waals surface area contributed by atoms with Crippen molar-refractivity contribution < 1.29 is 9.53 Å². The maximum atomic E-state index is 11.0. The predicted octanol–water partition coefficient (Wildman–Crippen LogP) is 3.05. The van der Waals surface area contributed by atoms with Gasteiger partial charge < -0.3 is 21.1 Å². The molecule has 2 aromatic rings. The Labute approximate surface area is 161 Å². The lowest BCUT2D eigenvalue weighted by Crippen LogP contribution is -2.22. The summed E-state index contributed by atoms with van der Waals surface area (Å²) in [4.78, 5) is 21.9. The Hall–Kier alpha value is -1.97. The lowest BCUT2D eigenvalue weighted by molar-refractivity contribution is -0.119. The normalized spacial score (nSPS) is 11.5. The average molecular weight is 396 g/mol. The number of nitrogens with one attached hydrogen (secondary N) is 2. The molecule has 0 atom stereocenters. The Kier molecular flexibility index (Phi) is 8.52. The van der Waals surface area contributed by atoms with Gasteiger partial charge in [-0.25, -0.2) is 4.98 Å². The number of hydrogen-bond acceptors (Lipinski definition) is 6. The average Bonchev–Trinajstić information content (AvgIpc) is 3.25. The van der Waals surface area contributed by atoms with Crippen molar-refractivity contribution in [2.45, 2.75) is 33.2 Å². The van der Waals surface area contributed by atoms with Crippen molar-refractivity contribution in [3.05, 3.63) is 22.4 Å². The maximum Gasteiger partial charge on any atom is 0.217 e. The van der Waals surface area contributed by atoms with E-state index in [2.05, 4.69) is 27.5 Å². The molecule has 0 fully saturated rings. The SMILES string of the molecule is CCCOCCCN=C(N)Nc1nc(-c2ccc(CNC(C)=O)s2)cs1. The van der Waals surface area contributed by atoms with Crippen LogP contribution in [0.25, 0.3) is 10.6 Å². The number of guanidine groups is 1. The van der Waals surface area contributed by atoms with Crippen LogP contribution in [0.5, 0.6) is 0 Å². The van der Waals surface area contributed by atoms with Gasteiger partial charge in [0.25, 0.3) is 0 Å². The van der Waals surface area contributed by atoms with Crippen molar-refractivity contribution in [3.8, 4) is 10.6 Å². The zero-order valence-electron chi connectivity index (χ0n) is 15.1. The molecule has 0 aliphatic carbocycles. The van der Waals surface area contributed by atoms with Gasteiger partial charge in [-0.3, -0.25) is 9.79 Å². The summed E-state index contributed by atoms with van der Waals surface area (Å²) < 4.78 is 5.40. The number of aromatic nitrogens is 1. The molecule has 142 valence electrons. The summed E-state index contributed by atoms with van der Waals surface area (Å²) in [6.07, 6.45) is 1.87. The third kappa shape index (κ3) is 7.11. The standard InChI is InChI=1S/C17H25N5O2S2/c1-3-8-24-9-4-7-19-16(18)22-17-21-14(11-25-17)15-6-5-13(26-15)10-20-12(2)23/h5-6,11H,3-4,7-10H2,1-2H3,(H,20,23)(H3,18,19,21,22). The zero-order valence-corrected chi connectivity index (χ0v) is 16.7. The summed E-state index contributed by atoms with van der Waals surface area (Å²) in [6.45, 7) is 6.24. The number of thiazole rings is 1. The number of carbonyl (C=O) groups is 1. The summed E-state index contributed by atoms with van der Waals surface area (Å²) >= 11 is 3.09. The number of ether oxygens (including phenoxy) is 1. The third-order valence-electron chi connectivity index (χ3n) is 3.24. The molecular formula is C17H25N5O2S2. The molecule has 0 unspecified atom stereocenters. The molecular weight excluding hydrogens is 370 g/mol. The highest BCUT2D eigenvalue weighted by Crippen LogP contribution is 2.30. The molecule has 0 aliphatic rings. The topological polar surface area (TPSA) is 102 Å². The van der Waals surface area contributed by atoms with E-state index in [0.29, 0.717) is 30.8 Å². The Morgan fingerprint density at radius 2 is 2.23 bits per heavy atom. The fourth-order valence-corrected chi connectivity index (χ4v) is 3.73. The van der Waals surface area contributed by atoms with Gasteiger partial charge in [0.05, 0.1) is 17.1 Å². The molecule has 0 spiro atoms. The summed E-state index contributed by atoms with van der Waals surface area (Å²) in [7, 11) is 0. The van der Waals surface area contributed by atoms with E-state index in [1.807, 2.05) is 17.5 Å². The van der Waals surface area contributed by atoms with Gasteiger partial charge in [0, 0.05) is 36.9 Å². The van der Waals surface area contributed by atoms with E-state index in [-0.39, 0.29) is 5.91 Å². The molecule has 0 saturated heterocycles. The van der Waals surface area contributed by atoms with Crippen molar-refractivity contribution in [1.29, 1.82) is 0 Å². The van der Waals surface area contributed by atoms with Crippen LogP contribution in [0, 0.1) is 0 Å². The van der Waals surface area contributed by atoms with Crippen LogP contribution in [0.2, 0.25) is 0 Å². The second-order valence-corrected chi connectivity index (χ2v) is 7.60. The number of nitrogens with two attached hydrogens (primary N) is 1. The summed E-state index contributed by atoms with van der Waals surface area (Å²) in [6, 6.07) is 4.01. The quantitative estimate of drug-likeness (QED) is 0.326. The van der Waals surface area contributed by atoms with E-state index in [4.69, 9.17) is 10.5 Å². The van der Waals surface area contributed by atoms with Crippen molar-refractivity contribution in [1.82, 2.24) is 10.3 Å². The highest BCUT2D eigenvalue weighted by Gasteiger charge is 2.08. The van der Waals surface area contributed by atoms with E-state index < -0.39 is 0 Å². The summed E-state index contributed by atoms with van der Waals surface area (Å²) in [5.41, 5.74) is 6.78. The van der Waals surface area contributed by atoms with Gasteiger partial charge in [-0.1, -0.05) is 6.92 Å². The van der Waals surface area contributed by atoms with Gasteiger partial charge in [0.1, 0.15) is 0 Å². The van der Waals surface area contributed by atoms with E-state index in [1.54, 1.807) is 11.3 Å². The first-order valence-electron chi connectivity index (χ1n) is 8.52. The molecule has 26 heavy (non-hydrogen) atoms. The predicted molar refractivity (Wildman–Crippen MR) is 109 cm³/mol. The van der Waals surface area contributed by atoms with Gasteiger partial charge in [-0.15, -0.1) is 22.7 Å². The first-order chi connectivity index (χ1) is 12.6. The molecule has 0 aromatic carbocycles. The number of aliphatic imine (C=N–C) groups is 1. The molecule has 2 rings (SSSR count). The molecule has 2 aromatic heterocycles. The van der Waals surface area contributed by atoms with Crippen LogP contribution in [-0.4, -0.2) is 36.6 Å². The number of anilines is 1. The number of rotatable bonds is 10. The fourth-order valence-electron chi connectivity index (χ4n) is 2.03. The van der Waals surface area contributed by atoms with Gasteiger partial charge in [-0.05, 0) is 25.0 Å². The van der Waals surface area contributed by atoms with E-state index in [9.17, 15) is 4.79 Å². The number of hydrogen-bond donors (Lipinski definition) is 3. The first kappa shape index (κ1) is 20.3. The molecule has 4 N–H and O–H groups in total. The minimum atomic E-state index is -0.0354. The molecule has 0 aliphatic heterocycles. The lowest BCUT2D eigenvalue weighted by Gasteiger charge is -2.02. The van der Waals surface area contributed by atoms with Crippen LogP contribution in [0.15, 0.2) is 22.5 Å². The van der Waals surface area contributed by atoms with Crippen LogP contribution < -0.4 is 16.4 Å². The van der Waals surface area contributed by atoms with Crippen LogP contribution in [0.1, 0.15) is 31.6 Å². The van der Waals surface area contributed by atoms with Crippen molar-refractivity contribution in [2.75, 3.05) is 25.1 Å². The first-order valence-corrected chi connectivity index (χ1v) is 10.2. The van der Waals surface area contributed by atoms with Crippen LogP contribution >= 0.6 is 22.7 Å². The minimum absolute atomic E-state index is 0.0354. The van der Waals surface area contributed by atoms with Gasteiger partial charge in [0.2, 0.25) is 5.91 Å². The molecule has 0 bridgehead atoms. The van der Waals surface area contributed by atoms with Crippen molar-refractivity contribution >= 4 is 39.7 Å². The van der Waals surface area contributed by atoms with Crippen LogP contribution in [0.3, 0.4) is 0 Å². The summed E-state index contributed by atoms with van der Waals surface area (Å²) in [5, 5.41) is 8.50. The summed E-state index contributed by atoms with van der Waals surface area (Å²) in [5.74, 6) is 0.325. The van der Waals surface area contributed by atoms with Gasteiger partial charge >= 0.3 is 0 Å². The molecule has 1 amide bonds. The molecule has 2 heterocycles. The monoisotopic (exact) mass is 395 g/mol. The Morgan fingerprint density at radius 3 is 3.00 bits per heavy atom. The number of carbonyl (C=O) groups excluding carboxylic acids is 1.